The van der Waals surface area contributed by atoms with Gasteiger partial charge < -0.3 is 5.32 Å². The van der Waals surface area contributed by atoms with Gasteiger partial charge in [0.05, 0.1) is 10.4 Å². The van der Waals surface area contributed by atoms with Crippen molar-refractivity contribution >= 4 is 39.1 Å². The first kappa shape index (κ1) is 20.3. The molecule has 0 radical (unpaired) electrons. The second kappa shape index (κ2) is 8.42. The van der Waals surface area contributed by atoms with Gasteiger partial charge in [0.2, 0.25) is 5.91 Å². The van der Waals surface area contributed by atoms with Crippen LogP contribution in [0.25, 0.3) is 21.6 Å². The summed E-state index contributed by atoms with van der Waals surface area (Å²) in [6.07, 6.45) is 0. The Morgan fingerprint density at radius 3 is 2.53 bits per heavy atom. The van der Waals surface area contributed by atoms with Crippen molar-refractivity contribution < 1.29 is 4.79 Å². The number of amides is 1. The van der Waals surface area contributed by atoms with Crippen molar-refractivity contribution in [1.29, 1.82) is 0 Å². The summed E-state index contributed by atoms with van der Waals surface area (Å²) in [5.41, 5.74) is 2.28. The van der Waals surface area contributed by atoms with E-state index < -0.39 is 0 Å². The van der Waals surface area contributed by atoms with Gasteiger partial charge in [0.1, 0.15) is 17.2 Å². The first-order valence-electron chi connectivity index (χ1n) is 9.51. The summed E-state index contributed by atoms with van der Waals surface area (Å²) in [5.74, 6) is 0.134. The Morgan fingerprint density at radius 1 is 1.10 bits per heavy atom. The average molecular weight is 438 g/mol. The summed E-state index contributed by atoms with van der Waals surface area (Å²) >= 11 is 7.87. The Morgan fingerprint density at radius 2 is 1.80 bits per heavy atom. The lowest BCUT2D eigenvalue weighted by atomic mass is 10.1. The largest absolute Gasteiger partial charge is 0.350 e. The van der Waals surface area contributed by atoms with E-state index in [2.05, 4.69) is 5.32 Å². The second-order valence-electron chi connectivity index (χ2n) is 7.03. The molecule has 0 saturated heterocycles. The highest BCUT2D eigenvalue weighted by atomic mass is 35.5. The summed E-state index contributed by atoms with van der Waals surface area (Å²) in [5, 5.41) is 3.92. The molecule has 0 atom stereocenters. The van der Waals surface area contributed by atoms with E-state index >= 15 is 0 Å². The molecule has 0 bridgehead atoms. The number of halogens is 1. The Hall–Kier alpha value is -2.96. The van der Waals surface area contributed by atoms with E-state index in [1.165, 1.54) is 15.9 Å². The molecule has 0 saturated carbocycles. The van der Waals surface area contributed by atoms with Crippen LogP contribution in [0.1, 0.15) is 16.0 Å². The number of aryl methyl sites for hydroxylation is 2. The van der Waals surface area contributed by atoms with Crippen molar-refractivity contribution in [3.8, 4) is 11.4 Å². The van der Waals surface area contributed by atoms with Crippen LogP contribution in [0.4, 0.5) is 0 Å². The average Bonchev–Trinajstić information content (AvgIpc) is 3.03. The molecule has 0 aliphatic heterocycles. The number of aromatic nitrogens is 2. The Bertz CT molecular complexity index is 1300. The lowest BCUT2D eigenvalue weighted by Gasteiger charge is -2.14. The molecule has 2 aromatic carbocycles. The standard InChI is InChI=1S/C23H20ClN3O2S/c1-14-15(2)30-22-20(14)23(29)27(21(26-22)17-10-6-7-11-18(17)24)13-19(28)25-12-16-8-4-3-5-9-16/h3-11H,12-13H2,1-2H3,(H,25,28). The van der Waals surface area contributed by atoms with Gasteiger partial charge in [-0.3, -0.25) is 14.2 Å². The van der Waals surface area contributed by atoms with Gasteiger partial charge in [-0.2, -0.15) is 0 Å². The summed E-state index contributed by atoms with van der Waals surface area (Å²) in [6, 6.07) is 16.8. The number of hydrogen-bond donors (Lipinski definition) is 1. The van der Waals surface area contributed by atoms with Gasteiger partial charge in [-0.1, -0.05) is 54.1 Å². The van der Waals surface area contributed by atoms with E-state index in [4.69, 9.17) is 16.6 Å². The molecule has 0 aliphatic carbocycles. The number of carbonyl (C=O) groups excluding carboxylic acids is 1. The monoisotopic (exact) mass is 437 g/mol. The van der Waals surface area contributed by atoms with Crippen LogP contribution in [0.15, 0.2) is 59.4 Å². The van der Waals surface area contributed by atoms with Crippen molar-refractivity contribution in [2.75, 3.05) is 0 Å². The number of fused-ring (bicyclic) bond motifs is 1. The van der Waals surface area contributed by atoms with E-state index in [1.54, 1.807) is 6.07 Å². The maximum Gasteiger partial charge on any atom is 0.263 e. The molecule has 1 N–H and O–H groups in total. The third-order valence-corrected chi connectivity index (χ3v) is 6.47. The van der Waals surface area contributed by atoms with E-state index in [0.717, 1.165) is 16.0 Å². The minimum absolute atomic E-state index is 0.135. The molecule has 4 aromatic rings. The highest BCUT2D eigenvalue weighted by Crippen LogP contribution is 2.31. The molecular formula is C23H20ClN3O2S. The number of nitrogens with zero attached hydrogens (tertiary/aromatic N) is 2. The molecule has 7 heteroatoms. The molecule has 2 heterocycles. The van der Waals surface area contributed by atoms with Gasteiger partial charge in [0.15, 0.2) is 0 Å². The zero-order valence-electron chi connectivity index (χ0n) is 16.6. The topological polar surface area (TPSA) is 64.0 Å². The lowest BCUT2D eigenvalue weighted by Crippen LogP contribution is -2.33. The van der Waals surface area contributed by atoms with Crippen LogP contribution >= 0.6 is 22.9 Å². The van der Waals surface area contributed by atoms with Gasteiger partial charge in [0, 0.05) is 17.0 Å². The van der Waals surface area contributed by atoms with E-state index in [0.29, 0.717) is 33.2 Å². The van der Waals surface area contributed by atoms with Crippen LogP contribution in [-0.2, 0) is 17.9 Å². The highest BCUT2D eigenvalue weighted by molar-refractivity contribution is 7.18. The van der Waals surface area contributed by atoms with Crippen LogP contribution in [-0.4, -0.2) is 15.5 Å². The smallest absolute Gasteiger partial charge is 0.263 e. The maximum absolute atomic E-state index is 13.4. The maximum atomic E-state index is 13.4. The fraction of sp³-hybridized carbons (Fsp3) is 0.174. The predicted octanol–water partition coefficient (Wildman–Crippen LogP) is 4.71. The Balaban J connectivity index is 1.77. The predicted molar refractivity (Wildman–Crippen MR) is 122 cm³/mol. The summed E-state index contributed by atoms with van der Waals surface area (Å²) in [4.78, 5) is 32.5. The molecule has 0 unspecified atom stereocenters. The molecule has 0 fully saturated rings. The van der Waals surface area contributed by atoms with Crippen molar-refractivity contribution in [3.63, 3.8) is 0 Å². The molecule has 5 nitrogen and oxygen atoms in total. The first-order valence-corrected chi connectivity index (χ1v) is 10.7. The highest BCUT2D eigenvalue weighted by Gasteiger charge is 2.20. The van der Waals surface area contributed by atoms with Gasteiger partial charge >= 0.3 is 0 Å². The SMILES string of the molecule is Cc1sc2nc(-c3ccccc3Cl)n(CC(=O)NCc3ccccc3)c(=O)c2c1C. The summed E-state index contributed by atoms with van der Waals surface area (Å²) in [6.45, 7) is 4.13. The number of thiophene rings is 1. The number of rotatable bonds is 5. The number of nitrogens with one attached hydrogen (secondary N) is 1. The van der Waals surface area contributed by atoms with Crippen LogP contribution in [0.2, 0.25) is 5.02 Å². The first-order chi connectivity index (χ1) is 14.5. The van der Waals surface area contributed by atoms with Gasteiger partial charge in [-0.25, -0.2) is 4.98 Å². The minimum Gasteiger partial charge on any atom is -0.350 e. The molecule has 0 spiro atoms. The van der Waals surface area contributed by atoms with Gasteiger partial charge in [0.25, 0.3) is 5.56 Å². The van der Waals surface area contributed by atoms with Crippen molar-refractivity contribution in [1.82, 2.24) is 14.9 Å². The molecular weight excluding hydrogens is 418 g/mol. The molecule has 0 aliphatic rings. The zero-order chi connectivity index (χ0) is 21.3. The fourth-order valence-corrected chi connectivity index (χ4v) is 4.56. The molecule has 1 amide bonds. The van der Waals surface area contributed by atoms with Crippen molar-refractivity contribution in [3.05, 3.63) is 86.0 Å². The normalized spacial score (nSPS) is 11.0. The molecule has 4 rings (SSSR count). The van der Waals surface area contributed by atoms with Crippen LogP contribution in [0.3, 0.4) is 0 Å². The van der Waals surface area contributed by atoms with Crippen molar-refractivity contribution in [2.24, 2.45) is 0 Å². The second-order valence-corrected chi connectivity index (χ2v) is 8.64. The molecule has 30 heavy (non-hydrogen) atoms. The quantitative estimate of drug-likeness (QED) is 0.491. The van der Waals surface area contributed by atoms with Crippen LogP contribution in [0, 0.1) is 13.8 Å². The van der Waals surface area contributed by atoms with Gasteiger partial charge in [-0.05, 0) is 37.1 Å². The summed E-state index contributed by atoms with van der Waals surface area (Å²) in [7, 11) is 0. The number of hydrogen-bond acceptors (Lipinski definition) is 4. The molecule has 152 valence electrons. The number of carbonyl (C=O) groups is 1. The zero-order valence-corrected chi connectivity index (χ0v) is 18.2. The Kier molecular flexibility index (Phi) is 5.70. The number of benzene rings is 2. The van der Waals surface area contributed by atoms with Crippen LogP contribution in [0.5, 0.6) is 0 Å². The third kappa shape index (κ3) is 3.88. The third-order valence-electron chi connectivity index (χ3n) is 5.04. The van der Waals surface area contributed by atoms with Crippen molar-refractivity contribution in [2.45, 2.75) is 26.9 Å². The van der Waals surface area contributed by atoms with E-state index in [1.807, 2.05) is 62.4 Å². The van der Waals surface area contributed by atoms with Gasteiger partial charge in [-0.15, -0.1) is 11.3 Å². The van der Waals surface area contributed by atoms with Crippen LogP contribution < -0.4 is 10.9 Å². The van der Waals surface area contributed by atoms with E-state index in [9.17, 15) is 9.59 Å². The molecule has 2 aromatic heterocycles. The summed E-state index contributed by atoms with van der Waals surface area (Å²) < 4.78 is 1.42. The van der Waals surface area contributed by atoms with E-state index in [-0.39, 0.29) is 18.0 Å². The fourth-order valence-electron chi connectivity index (χ4n) is 3.32. The minimum atomic E-state index is -0.264. The Labute approximate surface area is 183 Å². The lowest BCUT2D eigenvalue weighted by molar-refractivity contribution is -0.121.